The summed E-state index contributed by atoms with van der Waals surface area (Å²) in [5.41, 5.74) is 3.39. The number of nitrogens with zero attached hydrogens (tertiary/aromatic N) is 3. The smallest absolute Gasteiger partial charge is 0.295 e. The van der Waals surface area contributed by atoms with Crippen molar-refractivity contribution < 1.29 is 4.79 Å². The first kappa shape index (κ1) is 17.9. The molecule has 28 heavy (non-hydrogen) atoms. The molecule has 0 bridgehead atoms. The minimum atomic E-state index is -0.365. The van der Waals surface area contributed by atoms with Crippen molar-refractivity contribution in [3.8, 4) is 17.1 Å². The molecule has 3 aromatic carbocycles. The Kier molecular flexibility index (Phi) is 4.91. The predicted octanol–water partition coefficient (Wildman–Crippen LogP) is 5.15. The van der Waals surface area contributed by atoms with Crippen molar-refractivity contribution in [3.63, 3.8) is 0 Å². The van der Waals surface area contributed by atoms with Gasteiger partial charge in [-0.15, -0.1) is 5.10 Å². The topological polar surface area (TPSA) is 59.8 Å². The van der Waals surface area contributed by atoms with Crippen molar-refractivity contribution in [1.29, 1.82) is 0 Å². The number of nitrogens with one attached hydrogen (secondary N) is 1. The highest BCUT2D eigenvalue weighted by Gasteiger charge is 2.19. The summed E-state index contributed by atoms with van der Waals surface area (Å²) in [5.74, 6) is 0.295. The third-order valence-corrected chi connectivity index (χ3v) is 4.44. The molecule has 0 aliphatic rings. The van der Waals surface area contributed by atoms with E-state index in [-0.39, 0.29) is 11.7 Å². The molecule has 0 saturated heterocycles. The first-order chi connectivity index (χ1) is 13.6. The molecule has 4 rings (SSSR count). The molecule has 0 fully saturated rings. The number of para-hydroxylation sites is 1. The summed E-state index contributed by atoms with van der Waals surface area (Å²) in [7, 11) is 0. The summed E-state index contributed by atoms with van der Waals surface area (Å²) in [6.07, 6.45) is 0. The largest absolute Gasteiger partial charge is 0.319 e. The maximum Gasteiger partial charge on any atom is 0.295 e. The number of aromatic nitrogens is 3. The molecular formula is C22H17ClN4O. The summed E-state index contributed by atoms with van der Waals surface area (Å²) in [5, 5.41) is 7.94. The number of benzene rings is 3. The number of rotatable bonds is 4. The SMILES string of the molecule is Cc1cccc(NC(=O)c2nc(-c3ccc(Cl)cc3)n(-c3ccccc3)n2)c1. The second-order valence-electron chi connectivity index (χ2n) is 6.34. The number of carbonyl (C=O) groups excluding carboxylic acids is 1. The average Bonchev–Trinajstić information content (AvgIpc) is 3.15. The molecule has 1 amide bonds. The number of amides is 1. The summed E-state index contributed by atoms with van der Waals surface area (Å²) in [6.45, 7) is 1.97. The van der Waals surface area contributed by atoms with Gasteiger partial charge >= 0.3 is 0 Å². The normalized spacial score (nSPS) is 10.6. The number of carbonyl (C=O) groups is 1. The van der Waals surface area contributed by atoms with E-state index < -0.39 is 0 Å². The van der Waals surface area contributed by atoms with Crippen molar-refractivity contribution in [2.24, 2.45) is 0 Å². The minimum Gasteiger partial charge on any atom is -0.319 e. The van der Waals surface area contributed by atoms with Gasteiger partial charge < -0.3 is 5.32 Å². The lowest BCUT2D eigenvalue weighted by Crippen LogP contribution is -2.14. The van der Waals surface area contributed by atoms with Gasteiger partial charge in [0.2, 0.25) is 5.82 Å². The number of hydrogen-bond acceptors (Lipinski definition) is 3. The van der Waals surface area contributed by atoms with Gasteiger partial charge in [-0.2, -0.15) is 0 Å². The molecule has 138 valence electrons. The van der Waals surface area contributed by atoms with Crippen molar-refractivity contribution in [1.82, 2.24) is 14.8 Å². The molecule has 0 saturated carbocycles. The Hall–Kier alpha value is -3.44. The van der Waals surface area contributed by atoms with Gasteiger partial charge in [-0.3, -0.25) is 4.79 Å². The first-order valence-electron chi connectivity index (χ1n) is 8.76. The minimum absolute atomic E-state index is 0.0929. The van der Waals surface area contributed by atoms with Gasteiger partial charge in [-0.1, -0.05) is 41.9 Å². The molecule has 0 aliphatic heterocycles. The van der Waals surface area contributed by atoms with E-state index in [0.717, 1.165) is 16.8 Å². The average molecular weight is 389 g/mol. The highest BCUT2D eigenvalue weighted by atomic mass is 35.5. The van der Waals surface area contributed by atoms with Crippen LogP contribution >= 0.6 is 11.6 Å². The second kappa shape index (κ2) is 7.66. The van der Waals surface area contributed by atoms with Crippen LogP contribution in [-0.2, 0) is 0 Å². The van der Waals surface area contributed by atoms with Crippen LogP contribution in [0.25, 0.3) is 17.1 Å². The fourth-order valence-corrected chi connectivity index (χ4v) is 2.98. The Morgan fingerprint density at radius 1 is 0.964 bits per heavy atom. The Balaban J connectivity index is 1.74. The number of hydrogen-bond donors (Lipinski definition) is 1. The van der Waals surface area contributed by atoms with Crippen molar-refractivity contribution in [3.05, 3.63) is 95.3 Å². The summed E-state index contributed by atoms with van der Waals surface area (Å²) in [4.78, 5) is 17.2. The lowest BCUT2D eigenvalue weighted by atomic mass is 10.2. The number of anilines is 1. The van der Waals surface area contributed by atoms with Crippen LogP contribution in [0.2, 0.25) is 5.02 Å². The number of halogens is 1. The maximum atomic E-state index is 12.7. The molecule has 1 heterocycles. The van der Waals surface area contributed by atoms with E-state index in [2.05, 4.69) is 15.4 Å². The standard InChI is InChI=1S/C22H17ClN4O/c1-15-6-5-7-18(14-15)24-22(28)20-25-21(16-10-12-17(23)13-11-16)27(26-20)19-8-3-2-4-9-19/h2-14H,1H3,(H,24,28). The molecule has 1 N–H and O–H groups in total. The van der Waals surface area contributed by atoms with Gasteiger partial charge in [0, 0.05) is 16.3 Å². The van der Waals surface area contributed by atoms with Crippen LogP contribution in [0.4, 0.5) is 5.69 Å². The summed E-state index contributed by atoms with van der Waals surface area (Å²) in [6, 6.07) is 24.4. The van der Waals surface area contributed by atoms with Crippen LogP contribution in [0.1, 0.15) is 16.2 Å². The van der Waals surface area contributed by atoms with Crippen LogP contribution in [-0.4, -0.2) is 20.7 Å². The highest BCUT2D eigenvalue weighted by molar-refractivity contribution is 6.30. The Morgan fingerprint density at radius 2 is 1.71 bits per heavy atom. The van der Waals surface area contributed by atoms with Gasteiger partial charge in [0.15, 0.2) is 5.82 Å². The molecule has 0 atom stereocenters. The number of aryl methyl sites for hydroxylation is 1. The van der Waals surface area contributed by atoms with Crippen LogP contribution < -0.4 is 5.32 Å². The van der Waals surface area contributed by atoms with E-state index in [0.29, 0.717) is 16.5 Å². The van der Waals surface area contributed by atoms with Gasteiger partial charge in [-0.25, -0.2) is 9.67 Å². The summed E-state index contributed by atoms with van der Waals surface area (Å²) >= 11 is 6.01. The Morgan fingerprint density at radius 3 is 2.43 bits per heavy atom. The molecule has 4 aromatic rings. The van der Waals surface area contributed by atoms with Crippen LogP contribution in [0.5, 0.6) is 0 Å². The van der Waals surface area contributed by atoms with Crippen molar-refractivity contribution in [2.45, 2.75) is 6.92 Å². The molecule has 6 heteroatoms. The quantitative estimate of drug-likeness (QED) is 0.526. The van der Waals surface area contributed by atoms with E-state index in [1.807, 2.05) is 73.7 Å². The molecule has 0 aliphatic carbocycles. The van der Waals surface area contributed by atoms with Gasteiger partial charge in [0.05, 0.1) is 5.69 Å². The summed E-state index contributed by atoms with van der Waals surface area (Å²) < 4.78 is 1.66. The zero-order valence-electron chi connectivity index (χ0n) is 15.1. The lowest BCUT2D eigenvalue weighted by Gasteiger charge is -2.05. The van der Waals surface area contributed by atoms with Gasteiger partial charge in [0.1, 0.15) is 0 Å². The van der Waals surface area contributed by atoms with Crippen LogP contribution in [0.3, 0.4) is 0 Å². The Labute approximate surface area is 167 Å². The second-order valence-corrected chi connectivity index (χ2v) is 6.77. The van der Waals surface area contributed by atoms with Gasteiger partial charge in [0.25, 0.3) is 5.91 Å². The first-order valence-corrected chi connectivity index (χ1v) is 9.14. The molecule has 0 radical (unpaired) electrons. The molecule has 1 aromatic heterocycles. The van der Waals surface area contributed by atoms with E-state index >= 15 is 0 Å². The third kappa shape index (κ3) is 3.80. The molecule has 5 nitrogen and oxygen atoms in total. The van der Waals surface area contributed by atoms with Crippen LogP contribution in [0, 0.1) is 6.92 Å². The highest BCUT2D eigenvalue weighted by Crippen LogP contribution is 2.23. The Bertz CT molecular complexity index is 1120. The third-order valence-electron chi connectivity index (χ3n) is 4.19. The van der Waals surface area contributed by atoms with E-state index in [1.165, 1.54) is 0 Å². The van der Waals surface area contributed by atoms with E-state index in [1.54, 1.807) is 16.8 Å². The predicted molar refractivity (Wildman–Crippen MR) is 111 cm³/mol. The molecular weight excluding hydrogens is 372 g/mol. The molecule has 0 unspecified atom stereocenters. The monoisotopic (exact) mass is 388 g/mol. The van der Waals surface area contributed by atoms with E-state index in [4.69, 9.17) is 11.6 Å². The maximum absolute atomic E-state index is 12.7. The van der Waals surface area contributed by atoms with E-state index in [9.17, 15) is 4.79 Å². The fraction of sp³-hybridized carbons (Fsp3) is 0.0455. The van der Waals surface area contributed by atoms with Crippen molar-refractivity contribution >= 4 is 23.2 Å². The lowest BCUT2D eigenvalue weighted by molar-refractivity contribution is 0.101. The van der Waals surface area contributed by atoms with Gasteiger partial charge in [-0.05, 0) is 61.0 Å². The van der Waals surface area contributed by atoms with Crippen molar-refractivity contribution in [2.75, 3.05) is 5.32 Å². The fourth-order valence-electron chi connectivity index (χ4n) is 2.85. The molecule has 0 spiro atoms. The van der Waals surface area contributed by atoms with Crippen LogP contribution in [0.15, 0.2) is 78.9 Å². The zero-order valence-corrected chi connectivity index (χ0v) is 15.9. The zero-order chi connectivity index (χ0) is 19.5.